The summed E-state index contributed by atoms with van der Waals surface area (Å²) in [7, 11) is 0. The van der Waals surface area contributed by atoms with Crippen LogP contribution in [0.25, 0.3) is 0 Å². The number of aromatic nitrogens is 4. The molecule has 0 radical (unpaired) electrons. The summed E-state index contributed by atoms with van der Waals surface area (Å²) in [5.41, 5.74) is 1.05. The molecule has 2 rings (SSSR count). The minimum atomic E-state index is -0.900. The average Bonchev–Trinajstić information content (AvgIpc) is 2.84. The van der Waals surface area contributed by atoms with Crippen molar-refractivity contribution < 1.29 is 9.90 Å². The number of tetrazole rings is 1. The van der Waals surface area contributed by atoms with E-state index in [-0.39, 0.29) is 0 Å². The predicted molar refractivity (Wildman–Crippen MR) is 68.6 cm³/mol. The van der Waals surface area contributed by atoms with E-state index in [4.69, 9.17) is 0 Å². The van der Waals surface area contributed by atoms with Gasteiger partial charge in [-0.25, -0.2) is 9.48 Å². The van der Waals surface area contributed by atoms with Crippen LogP contribution in [0.4, 0.5) is 0 Å². The highest BCUT2D eigenvalue weighted by atomic mass is 16.4. The lowest BCUT2D eigenvalue weighted by atomic mass is 10.1. The van der Waals surface area contributed by atoms with Crippen LogP contribution in [0, 0.1) is 0 Å². The van der Waals surface area contributed by atoms with E-state index in [0.29, 0.717) is 18.7 Å². The van der Waals surface area contributed by atoms with Crippen LogP contribution in [0.1, 0.15) is 37.2 Å². The smallest absolute Gasteiger partial charge is 0.328 e. The Morgan fingerprint density at radius 2 is 2.11 bits per heavy atom. The molecule has 1 aromatic carbocycles. The number of rotatable bonds is 6. The summed E-state index contributed by atoms with van der Waals surface area (Å²) in [6.45, 7) is 1.94. The molecule has 0 amide bonds. The van der Waals surface area contributed by atoms with Gasteiger partial charge < -0.3 is 5.11 Å². The fraction of sp³-hybridized carbons (Fsp3) is 0.385. The maximum Gasteiger partial charge on any atom is 0.328 e. The lowest BCUT2D eigenvalue weighted by Crippen LogP contribution is -2.22. The van der Waals surface area contributed by atoms with Gasteiger partial charge in [-0.2, -0.15) is 0 Å². The highest BCUT2D eigenvalue weighted by Gasteiger charge is 2.23. The largest absolute Gasteiger partial charge is 0.480 e. The number of aliphatic carboxylic acids is 1. The van der Waals surface area contributed by atoms with Crippen LogP contribution in [0.5, 0.6) is 0 Å². The molecule has 2 aromatic rings. The molecule has 1 atom stereocenters. The van der Waals surface area contributed by atoms with Crippen molar-refractivity contribution in [2.45, 2.75) is 32.2 Å². The Bertz CT molecular complexity index is 539. The van der Waals surface area contributed by atoms with Crippen molar-refractivity contribution in [2.75, 3.05) is 0 Å². The molecule has 0 saturated carbocycles. The highest BCUT2D eigenvalue weighted by Crippen LogP contribution is 2.16. The summed E-state index contributed by atoms with van der Waals surface area (Å²) >= 11 is 0. The summed E-state index contributed by atoms with van der Waals surface area (Å²) < 4.78 is 1.42. The van der Waals surface area contributed by atoms with Gasteiger partial charge in [-0.15, -0.1) is 5.10 Å². The zero-order valence-electron chi connectivity index (χ0n) is 10.7. The third-order valence-corrected chi connectivity index (χ3v) is 2.91. The van der Waals surface area contributed by atoms with Gasteiger partial charge in [0.2, 0.25) is 0 Å². The standard InChI is InChI=1S/C13H16N4O2/c1-2-6-11(13(18)19)17-12(14-15-16-17)9-10-7-4-3-5-8-10/h3-5,7-8,11H,2,6,9H2,1H3,(H,18,19). The van der Waals surface area contributed by atoms with Crippen LogP contribution in [-0.4, -0.2) is 31.3 Å². The minimum absolute atomic E-state index is 0.516. The number of carbonyl (C=O) groups is 1. The third-order valence-electron chi connectivity index (χ3n) is 2.91. The normalized spacial score (nSPS) is 12.3. The predicted octanol–water partition coefficient (Wildman–Crippen LogP) is 1.69. The molecule has 19 heavy (non-hydrogen) atoms. The fourth-order valence-electron chi connectivity index (χ4n) is 1.97. The van der Waals surface area contributed by atoms with Gasteiger partial charge in [0.15, 0.2) is 11.9 Å². The Morgan fingerprint density at radius 1 is 1.37 bits per heavy atom. The first-order valence-corrected chi connectivity index (χ1v) is 6.25. The van der Waals surface area contributed by atoms with Gasteiger partial charge in [0, 0.05) is 6.42 Å². The molecule has 6 heteroatoms. The van der Waals surface area contributed by atoms with Crippen molar-refractivity contribution in [3.63, 3.8) is 0 Å². The van der Waals surface area contributed by atoms with E-state index in [1.54, 1.807) is 0 Å². The van der Waals surface area contributed by atoms with Gasteiger partial charge in [0.1, 0.15) is 0 Å². The first-order valence-electron chi connectivity index (χ1n) is 6.25. The average molecular weight is 260 g/mol. The molecule has 0 fully saturated rings. The minimum Gasteiger partial charge on any atom is -0.480 e. The fourth-order valence-corrected chi connectivity index (χ4v) is 1.97. The van der Waals surface area contributed by atoms with Crippen LogP contribution >= 0.6 is 0 Å². The quantitative estimate of drug-likeness (QED) is 0.854. The van der Waals surface area contributed by atoms with Gasteiger partial charge in [-0.3, -0.25) is 0 Å². The summed E-state index contributed by atoms with van der Waals surface area (Å²) in [6, 6.07) is 9.04. The molecule has 1 N–H and O–H groups in total. The highest BCUT2D eigenvalue weighted by molar-refractivity contribution is 5.71. The maximum absolute atomic E-state index is 11.3. The zero-order valence-corrected chi connectivity index (χ0v) is 10.7. The maximum atomic E-state index is 11.3. The molecule has 0 saturated heterocycles. The lowest BCUT2D eigenvalue weighted by molar-refractivity contribution is -0.141. The van der Waals surface area contributed by atoms with Crippen molar-refractivity contribution in [1.82, 2.24) is 20.2 Å². The van der Waals surface area contributed by atoms with Crippen LogP contribution < -0.4 is 0 Å². The van der Waals surface area contributed by atoms with E-state index in [2.05, 4.69) is 15.5 Å². The van der Waals surface area contributed by atoms with Crippen molar-refractivity contribution in [3.05, 3.63) is 41.7 Å². The van der Waals surface area contributed by atoms with Crippen molar-refractivity contribution >= 4 is 5.97 Å². The Kier molecular flexibility index (Phi) is 4.22. The number of carboxylic acids is 1. The number of nitrogens with zero attached hydrogens (tertiary/aromatic N) is 4. The van der Waals surface area contributed by atoms with E-state index in [1.165, 1.54) is 4.68 Å². The van der Waals surface area contributed by atoms with E-state index < -0.39 is 12.0 Å². The first-order chi connectivity index (χ1) is 9.22. The third kappa shape index (κ3) is 3.15. The first kappa shape index (κ1) is 13.2. The molecule has 1 aromatic heterocycles. The van der Waals surface area contributed by atoms with Gasteiger partial charge in [0.05, 0.1) is 0 Å². The van der Waals surface area contributed by atoms with Crippen molar-refractivity contribution in [3.8, 4) is 0 Å². The summed E-state index contributed by atoms with van der Waals surface area (Å²) in [5.74, 6) is -0.324. The molecule has 1 heterocycles. The molecule has 6 nitrogen and oxygen atoms in total. The molecular formula is C13H16N4O2. The lowest BCUT2D eigenvalue weighted by Gasteiger charge is -2.12. The van der Waals surface area contributed by atoms with Gasteiger partial charge >= 0.3 is 5.97 Å². The second-order valence-electron chi connectivity index (χ2n) is 4.34. The number of hydrogen-bond acceptors (Lipinski definition) is 4. The van der Waals surface area contributed by atoms with E-state index >= 15 is 0 Å². The van der Waals surface area contributed by atoms with Gasteiger partial charge in [0.25, 0.3) is 0 Å². The Morgan fingerprint density at radius 3 is 2.74 bits per heavy atom. The zero-order chi connectivity index (χ0) is 13.7. The summed E-state index contributed by atoms with van der Waals surface area (Å²) in [4.78, 5) is 11.3. The Balaban J connectivity index is 2.23. The monoisotopic (exact) mass is 260 g/mol. The Labute approximate surface area is 111 Å². The molecule has 0 spiro atoms. The summed E-state index contributed by atoms with van der Waals surface area (Å²) in [5, 5.41) is 20.6. The summed E-state index contributed by atoms with van der Waals surface area (Å²) in [6.07, 6.45) is 1.81. The van der Waals surface area contributed by atoms with E-state index in [9.17, 15) is 9.90 Å². The molecule has 100 valence electrons. The molecule has 0 aliphatic carbocycles. The Hall–Kier alpha value is -2.24. The van der Waals surface area contributed by atoms with E-state index in [0.717, 1.165) is 12.0 Å². The van der Waals surface area contributed by atoms with Gasteiger partial charge in [-0.05, 0) is 22.4 Å². The van der Waals surface area contributed by atoms with Crippen LogP contribution in [0.3, 0.4) is 0 Å². The number of benzene rings is 1. The van der Waals surface area contributed by atoms with E-state index in [1.807, 2.05) is 37.3 Å². The van der Waals surface area contributed by atoms with Gasteiger partial charge in [-0.1, -0.05) is 43.7 Å². The van der Waals surface area contributed by atoms with Crippen molar-refractivity contribution in [1.29, 1.82) is 0 Å². The number of carboxylic acid groups (broad SMARTS) is 1. The SMILES string of the molecule is CCCC(C(=O)O)n1nnnc1Cc1ccccc1. The molecule has 0 aliphatic heterocycles. The van der Waals surface area contributed by atoms with Crippen molar-refractivity contribution in [2.24, 2.45) is 0 Å². The molecule has 0 aliphatic rings. The molecule has 1 unspecified atom stereocenters. The van der Waals surface area contributed by atoms with Crippen LogP contribution in [0.2, 0.25) is 0 Å². The topological polar surface area (TPSA) is 80.9 Å². The second-order valence-corrected chi connectivity index (χ2v) is 4.34. The number of hydrogen-bond donors (Lipinski definition) is 1. The van der Waals surface area contributed by atoms with Crippen LogP contribution in [0.15, 0.2) is 30.3 Å². The second kappa shape index (κ2) is 6.08. The molecular weight excluding hydrogens is 244 g/mol. The van der Waals surface area contributed by atoms with Crippen LogP contribution in [-0.2, 0) is 11.2 Å². The molecule has 0 bridgehead atoms.